The molecule has 2 atom stereocenters. The van der Waals surface area contributed by atoms with Crippen LogP contribution in [0.2, 0.25) is 0 Å². The molecule has 2 saturated carbocycles. The zero-order chi connectivity index (χ0) is 10.2. The van der Waals surface area contributed by atoms with Crippen molar-refractivity contribution in [2.45, 2.75) is 58.9 Å². The molecule has 0 bridgehead atoms. The van der Waals surface area contributed by atoms with Gasteiger partial charge in [0, 0.05) is 6.04 Å². The van der Waals surface area contributed by atoms with E-state index in [-0.39, 0.29) is 0 Å². The van der Waals surface area contributed by atoms with Crippen LogP contribution in [0.3, 0.4) is 0 Å². The fourth-order valence-corrected chi connectivity index (χ4v) is 3.18. The Morgan fingerprint density at radius 2 is 1.93 bits per heavy atom. The van der Waals surface area contributed by atoms with Gasteiger partial charge in [0.15, 0.2) is 0 Å². The molecule has 1 N–H and O–H groups in total. The minimum Gasteiger partial charge on any atom is -0.313 e. The molecule has 0 saturated heterocycles. The third kappa shape index (κ3) is 2.31. The normalized spacial score (nSPS) is 37.1. The van der Waals surface area contributed by atoms with Crippen LogP contribution in [0, 0.1) is 17.3 Å². The van der Waals surface area contributed by atoms with Gasteiger partial charge in [0.2, 0.25) is 0 Å². The third-order valence-corrected chi connectivity index (χ3v) is 4.23. The largest absolute Gasteiger partial charge is 0.313 e. The Balaban J connectivity index is 1.74. The first-order chi connectivity index (χ1) is 6.57. The molecule has 2 unspecified atom stereocenters. The van der Waals surface area contributed by atoms with E-state index >= 15 is 0 Å². The van der Waals surface area contributed by atoms with Gasteiger partial charge in [-0.15, -0.1) is 0 Å². The van der Waals surface area contributed by atoms with Gasteiger partial charge in [-0.05, 0) is 49.5 Å². The van der Waals surface area contributed by atoms with E-state index in [0.717, 1.165) is 17.9 Å². The van der Waals surface area contributed by atoms with Crippen molar-refractivity contribution in [3.8, 4) is 0 Å². The summed E-state index contributed by atoms with van der Waals surface area (Å²) in [5, 5.41) is 3.79. The van der Waals surface area contributed by atoms with Crippen LogP contribution in [0.4, 0.5) is 0 Å². The molecule has 2 aliphatic rings. The molecule has 82 valence electrons. The second-order valence-electron chi connectivity index (χ2n) is 6.36. The summed E-state index contributed by atoms with van der Waals surface area (Å²) in [7, 11) is 0. The highest BCUT2D eigenvalue weighted by molar-refractivity contribution is 4.91. The predicted octanol–water partition coefficient (Wildman–Crippen LogP) is 3.20. The molecule has 1 heteroatoms. The van der Waals surface area contributed by atoms with E-state index < -0.39 is 0 Å². The Labute approximate surface area is 88.7 Å². The van der Waals surface area contributed by atoms with E-state index in [0.29, 0.717) is 5.41 Å². The summed E-state index contributed by atoms with van der Waals surface area (Å²) in [5.74, 6) is 1.89. The summed E-state index contributed by atoms with van der Waals surface area (Å²) in [6.45, 7) is 8.52. The fraction of sp³-hybridized carbons (Fsp3) is 1.00. The molecule has 0 aromatic carbocycles. The first kappa shape index (κ1) is 10.5. The van der Waals surface area contributed by atoms with E-state index in [1.165, 1.54) is 38.6 Å². The SMILES string of the molecule is CC1CC(C)(C)CC1NCC1CCC1. The van der Waals surface area contributed by atoms with Gasteiger partial charge in [-0.1, -0.05) is 27.2 Å². The monoisotopic (exact) mass is 195 g/mol. The Bertz CT molecular complexity index is 193. The van der Waals surface area contributed by atoms with Crippen LogP contribution >= 0.6 is 0 Å². The lowest BCUT2D eigenvalue weighted by Crippen LogP contribution is -2.37. The summed E-state index contributed by atoms with van der Waals surface area (Å²) in [6, 6.07) is 0.797. The zero-order valence-electron chi connectivity index (χ0n) is 9.97. The second-order valence-corrected chi connectivity index (χ2v) is 6.36. The van der Waals surface area contributed by atoms with Crippen LogP contribution in [0.1, 0.15) is 52.9 Å². The van der Waals surface area contributed by atoms with Crippen molar-refractivity contribution in [3.63, 3.8) is 0 Å². The maximum absolute atomic E-state index is 3.79. The molecule has 0 spiro atoms. The van der Waals surface area contributed by atoms with E-state index in [4.69, 9.17) is 0 Å². The van der Waals surface area contributed by atoms with Gasteiger partial charge in [0.1, 0.15) is 0 Å². The van der Waals surface area contributed by atoms with Crippen molar-refractivity contribution in [2.75, 3.05) is 6.54 Å². The number of hydrogen-bond donors (Lipinski definition) is 1. The van der Waals surface area contributed by atoms with Crippen LogP contribution < -0.4 is 5.32 Å². The summed E-state index contributed by atoms with van der Waals surface area (Å²) in [5.41, 5.74) is 0.580. The smallest absolute Gasteiger partial charge is 0.00980 e. The van der Waals surface area contributed by atoms with E-state index in [9.17, 15) is 0 Å². The van der Waals surface area contributed by atoms with Crippen LogP contribution in [0.5, 0.6) is 0 Å². The first-order valence-electron chi connectivity index (χ1n) is 6.30. The predicted molar refractivity (Wildman–Crippen MR) is 61.3 cm³/mol. The lowest BCUT2D eigenvalue weighted by molar-refractivity contribution is 0.275. The summed E-state index contributed by atoms with van der Waals surface area (Å²) < 4.78 is 0. The van der Waals surface area contributed by atoms with Gasteiger partial charge in [-0.25, -0.2) is 0 Å². The lowest BCUT2D eigenvalue weighted by atomic mass is 9.85. The summed E-state index contributed by atoms with van der Waals surface area (Å²) >= 11 is 0. The van der Waals surface area contributed by atoms with E-state index in [2.05, 4.69) is 26.1 Å². The zero-order valence-corrected chi connectivity index (χ0v) is 9.97. The Kier molecular flexibility index (Phi) is 2.88. The van der Waals surface area contributed by atoms with E-state index in [1.807, 2.05) is 0 Å². The highest BCUT2D eigenvalue weighted by atomic mass is 14.9. The summed E-state index contributed by atoms with van der Waals surface area (Å²) in [6.07, 6.45) is 7.18. The average Bonchev–Trinajstić information content (AvgIpc) is 2.21. The molecule has 2 aliphatic carbocycles. The molecule has 0 radical (unpaired) electrons. The Morgan fingerprint density at radius 1 is 1.21 bits per heavy atom. The molecular formula is C13H25N. The minimum atomic E-state index is 0.580. The molecule has 0 aromatic heterocycles. The van der Waals surface area contributed by atoms with Crippen molar-refractivity contribution < 1.29 is 0 Å². The average molecular weight is 195 g/mol. The van der Waals surface area contributed by atoms with Crippen LogP contribution in [-0.4, -0.2) is 12.6 Å². The van der Waals surface area contributed by atoms with Gasteiger partial charge in [0.05, 0.1) is 0 Å². The number of rotatable bonds is 3. The fourth-order valence-electron chi connectivity index (χ4n) is 3.18. The van der Waals surface area contributed by atoms with Crippen molar-refractivity contribution >= 4 is 0 Å². The van der Waals surface area contributed by atoms with E-state index in [1.54, 1.807) is 0 Å². The molecule has 14 heavy (non-hydrogen) atoms. The molecule has 2 fully saturated rings. The standard InChI is InChI=1S/C13H25N/c1-10-7-13(2,3)8-12(10)14-9-11-5-4-6-11/h10-12,14H,4-9H2,1-3H3. The number of hydrogen-bond acceptors (Lipinski definition) is 1. The third-order valence-electron chi connectivity index (χ3n) is 4.23. The van der Waals surface area contributed by atoms with Crippen LogP contribution in [0.15, 0.2) is 0 Å². The van der Waals surface area contributed by atoms with Crippen molar-refractivity contribution in [2.24, 2.45) is 17.3 Å². The molecular weight excluding hydrogens is 170 g/mol. The number of nitrogens with one attached hydrogen (secondary N) is 1. The quantitative estimate of drug-likeness (QED) is 0.729. The molecule has 2 rings (SSSR count). The lowest BCUT2D eigenvalue weighted by Gasteiger charge is -2.28. The van der Waals surface area contributed by atoms with Crippen molar-refractivity contribution in [3.05, 3.63) is 0 Å². The molecule has 0 amide bonds. The van der Waals surface area contributed by atoms with Gasteiger partial charge in [-0.2, -0.15) is 0 Å². The minimum absolute atomic E-state index is 0.580. The second kappa shape index (κ2) is 3.84. The van der Waals surface area contributed by atoms with Gasteiger partial charge in [-0.3, -0.25) is 0 Å². The maximum atomic E-state index is 3.79. The van der Waals surface area contributed by atoms with Crippen molar-refractivity contribution in [1.29, 1.82) is 0 Å². The van der Waals surface area contributed by atoms with Crippen molar-refractivity contribution in [1.82, 2.24) is 5.32 Å². The topological polar surface area (TPSA) is 12.0 Å². The molecule has 0 aliphatic heterocycles. The highest BCUT2D eigenvalue weighted by Crippen LogP contribution is 2.41. The summed E-state index contributed by atoms with van der Waals surface area (Å²) in [4.78, 5) is 0. The Hall–Kier alpha value is -0.0400. The van der Waals surface area contributed by atoms with Gasteiger partial charge < -0.3 is 5.32 Å². The molecule has 1 nitrogen and oxygen atoms in total. The Morgan fingerprint density at radius 3 is 2.36 bits per heavy atom. The highest BCUT2D eigenvalue weighted by Gasteiger charge is 2.36. The van der Waals surface area contributed by atoms with Crippen LogP contribution in [0.25, 0.3) is 0 Å². The molecule has 0 aromatic rings. The van der Waals surface area contributed by atoms with Gasteiger partial charge in [0.25, 0.3) is 0 Å². The molecule has 0 heterocycles. The van der Waals surface area contributed by atoms with Gasteiger partial charge >= 0.3 is 0 Å². The maximum Gasteiger partial charge on any atom is 0.00980 e. The first-order valence-corrected chi connectivity index (χ1v) is 6.30. The van der Waals surface area contributed by atoms with Crippen LogP contribution in [-0.2, 0) is 0 Å².